The standard InChI is InChI=1S/C10H17N3O4/c1-7(14)11-5-8-3-4-13(8)9(15)6-12-10(16)17-2/h8H,3-6H2,1-2H3,(H,11,14)(H,12,16). The second-order valence-corrected chi connectivity index (χ2v) is 3.81. The summed E-state index contributed by atoms with van der Waals surface area (Å²) in [5, 5.41) is 4.99. The highest BCUT2D eigenvalue weighted by Gasteiger charge is 2.31. The summed E-state index contributed by atoms with van der Waals surface area (Å²) in [5.41, 5.74) is 0. The normalized spacial score (nSPS) is 18.0. The third kappa shape index (κ3) is 3.93. The molecule has 7 heteroatoms. The van der Waals surface area contributed by atoms with Gasteiger partial charge in [0.15, 0.2) is 0 Å². The maximum atomic E-state index is 11.6. The zero-order chi connectivity index (χ0) is 12.8. The molecule has 0 bridgehead atoms. The molecule has 0 radical (unpaired) electrons. The second kappa shape index (κ2) is 6.07. The summed E-state index contributed by atoms with van der Waals surface area (Å²) < 4.78 is 4.36. The molecule has 0 aromatic carbocycles. The minimum absolute atomic E-state index is 0.0332. The number of nitrogens with zero attached hydrogens (tertiary/aromatic N) is 1. The van der Waals surface area contributed by atoms with Gasteiger partial charge in [-0.3, -0.25) is 9.59 Å². The van der Waals surface area contributed by atoms with E-state index in [9.17, 15) is 14.4 Å². The van der Waals surface area contributed by atoms with Crippen molar-refractivity contribution in [1.82, 2.24) is 15.5 Å². The van der Waals surface area contributed by atoms with Gasteiger partial charge in [0.25, 0.3) is 0 Å². The Bertz CT molecular complexity index is 319. The van der Waals surface area contributed by atoms with Crippen LogP contribution in [0, 0.1) is 0 Å². The van der Waals surface area contributed by atoms with Crippen LogP contribution in [0.3, 0.4) is 0 Å². The summed E-state index contributed by atoms with van der Waals surface area (Å²) in [6, 6.07) is 0.0332. The molecule has 0 aromatic rings. The van der Waals surface area contributed by atoms with Gasteiger partial charge < -0.3 is 20.3 Å². The van der Waals surface area contributed by atoms with Gasteiger partial charge in [-0.25, -0.2) is 4.79 Å². The number of amides is 3. The van der Waals surface area contributed by atoms with Crippen LogP contribution < -0.4 is 10.6 Å². The van der Waals surface area contributed by atoms with Crippen molar-refractivity contribution in [3.05, 3.63) is 0 Å². The minimum Gasteiger partial charge on any atom is -0.453 e. The van der Waals surface area contributed by atoms with Crippen LogP contribution >= 0.6 is 0 Å². The van der Waals surface area contributed by atoms with Crippen molar-refractivity contribution in [3.63, 3.8) is 0 Å². The molecule has 1 aliphatic rings. The van der Waals surface area contributed by atoms with Gasteiger partial charge in [-0.2, -0.15) is 0 Å². The molecule has 0 spiro atoms. The summed E-state index contributed by atoms with van der Waals surface area (Å²) in [5.74, 6) is -0.283. The third-order valence-corrected chi connectivity index (χ3v) is 2.62. The SMILES string of the molecule is COC(=O)NCC(=O)N1CCC1CNC(C)=O. The number of ether oxygens (including phenoxy) is 1. The van der Waals surface area contributed by atoms with Crippen molar-refractivity contribution >= 4 is 17.9 Å². The van der Waals surface area contributed by atoms with E-state index in [1.54, 1.807) is 4.90 Å². The Morgan fingerprint density at radius 1 is 1.35 bits per heavy atom. The van der Waals surface area contributed by atoms with Crippen molar-refractivity contribution in [2.75, 3.05) is 26.7 Å². The molecule has 1 unspecified atom stereocenters. The number of rotatable bonds is 4. The molecule has 1 heterocycles. The van der Waals surface area contributed by atoms with E-state index in [1.807, 2.05) is 0 Å². The number of methoxy groups -OCH3 is 1. The zero-order valence-corrected chi connectivity index (χ0v) is 9.99. The maximum absolute atomic E-state index is 11.6. The average molecular weight is 243 g/mol. The molecule has 0 saturated carbocycles. The predicted molar refractivity (Wildman–Crippen MR) is 59.2 cm³/mol. The van der Waals surface area contributed by atoms with E-state index < -0.39 is 6.09 Å². The number of carbonyl (C=O) groups is 3. The topological polar surface area (TPSA) is 87.7 Å². The van der Waals surface area contributed by atoms with Crippen LogP contribution in [-0.2, 0) is 14.3 Å². The Kier molecular flexibility index (Phi) is 4.74. The summed E-state index contributed by atoms with van der Waals surface area (Å²) in [4.78, 5) is 34.8. The second-order valence-electron chi connectivity index (χ2n) is 3.81. The number of hydrogen-bond acceptors (Lipinski definition) is 4. The molecular weight excluding hydrogens is 226 g/mol. The van der Waals surface area contributed by atoms with Crippen LogP contribution in [0.4, 0.5) is 4.79 Å². The third-order valence-electron chi connectivity index (χ3n) is 2.62. The summed E-state index contributed by atoms with van der Waals surface area (Å²) >= 11 is 0. The Hall–Kier alpha value is -1.79. The van der Waals surface area contributed by atoms with Crippen LogP contribution in [-0.4, -0.2) is 55.6 Å². The van der Waals surface area contributed by atoms with Crippen molar-refractivity contribution in [2.45, 2.75) is 19.4 Å². The molecular formula is C10H17N3O4. The molecule has 0 aliphatic carbocycles. The van der Waals surface area contributed by atoms with E-state index in [1.165, 1.54) is 14.0 Å². The Balaban J connectivity index is 2.27. The van der Waals surface area contributed by atoms with E-state index in [2.05, 4.69) is 15.4 Å². The molecule has 1 saturated heterocycles. The number of nitrogens with one attached hydrogen (secondary N) is 2. The zero-order valence-electron chi connectivity index (χ0n) is 9.99. The van der Waals surface area contributed by atoms with E-state index in [-0.39, 0.29) is 24.4 Å². The Morgan fingerprint density at radius 3 is 2.53 bits per heavy atom. The average Bonchev–Trinajstić information content (AvgIpc) is 2.24. The van der Waals surface area contributed by atoms with E-state index >= 15 is 0 Å². The van der Waals surface area contributed by atoms with Crippen molar-refractivity contribution in [1.29, 1.82) is 0 Å². The van der Waals surface area contributed by atoms with Crippen LogP contribution in [0.15, 0.2) is 0 Å². The summed E-state index contributed by atoms with van der Waals surface area (Å²) in [6.07, 6.45) is 0.238. The van der Waals surface area contributed by atoms with Gasteiger partial charge >= 0.3 is 6.09 Å². The van der Waals surface area contributed by atoms with Crippen LogP contribution in [0.2, 0.25) is 0 Å². The lowest BCUT2D eigenvalue weighted by Gasteiger charge is -2.41. The lowest BCUT2D eigenvalue weighted by Crippen LogP contribution is -2.57. The first-order valence-electron chi connectivity index (χ1n) is 5.40. The fourth-order valence-corrected chi connectivity index (χ4v) is 1.56. The molecule has 17 heavy (non-hydrogen) atoms. The fourth-order valence-electron chi connectivity index (χ4n) is 1.56. The fraction of sp³-hybridized carbons (Fsp3) is 0.700. The molecule has 7 nitrogen and oxygen atoms in total. The minimum atomic E-state index is -0.628. The molecule has 1 atom stereocenters. The highest BCUT2D eigenvalue weighted by atomic mass is 16.5. The largest absolute Gasteiger partial charge is 0.453 e. The monoisotopic (exact) mass is 243 g/mol. The van der Waals surface area contributed by atoms with Gasteiger partial charge in [0.2, 0.25) is 11.8 Å². The van der Waals surface area contributed by atoms with Crippen LogP contribution in [0.1, 0.15) is 13.3 Å². The lowest BCUT2D eigenvalue weighted by molar-refractivity contribution is -0.138. The Morgan fingerprint density at radius 2 is 2.06 bits per heavy atom. The first-order valence-corrected chi connectivity index (χ1v) is 5.40. The van der Waals surface area contributed by atoms with Gasteiger partial charge in [-0.15, -0.1) is 0 Å². The van der Waals surface area contributed by atoms with Gasteiger partial charge in [0, 0.05) is 20.0 Å². The molecule has 0 aromatic heterocycles. The van der Waals surface area contributed by atoms with Gasteiger partial charge in [-0.05, 0) is 6.42 Å². The highest BCUT2D eigenvalue weighted by molar-refractivity contribution is 5.83. The lowest BCUT2D eigenvalue weighted by atomic mass is 10.0. The number of alkyl carbamates (subject to hydrolysis) is 1. The van der Waals surface area contributed by atoms with E-state index in [0.717, 1.165) is 6.42 Å². The summed E-state index contributed by atoms with van der Waals surface area (Å²) in [7, 11) is 1.24. The maximum Gasteiger partial charge on any atom is 0.407 e. The van der Waals surface area contributed by atoms with Crippen LogP contribution in [0.5, 0.6) is 0 Å². The van der Waals surface area contributed by atoms with Gasteiger partial charge in [0.05, 0.1) is 13.2 Å². The number of carbonyl (C=O) groups excluding carboxylic acids is 3. The number of hydrogen-bond donors (Lipinski definition) is 2. The van der Waals surface area contributed by atoms with E-state index in [0.29, 0.717) is 13.1 Å². The summed E-state index contributed by atoms with van der Waals surface area (Å²) in [6.45, 7) is 2.47. The van der Waals surface area contributed by atoms with Crippen molar-refractivity contribution in [2.24, 2.45) is 0 Å². The highest BCUT2D eigenvalue weighted by Crippen LogP contribution is 2.16. The Labute approximate surface area is 99.5 Å². The first kappa shape index (κ1) is 13.3. The van der Waals surface area contributed by atoms with Crippen molar-refractivity contribution < 1.29 is 19.1 Å². The molecule has 1 aliphatic heterocycles. The first-order chi connectivity index (χ1) is 8.04. The van der Waals surface area contributed by atoms with E-state index in [4.69, 9.17) is 0 Å². The molecule has 96 valence electrons. The molecule has 2 N–H and O–H groups in total. The quantitative estimate of drug-likeness (QED) is 0.668. The van der Waals surface area contributed by atoms with Crippen LogP contribution in [0.25, 0.3) is 0 Å². The smallest absolute Gasteiger partial charge is 0.407 e. The van der Waals surface area contributed by atoms with Gasteiger partial charge in [-0.1, -0.05) is 0 Å². The predicted octanol–water partition coefficient (Wildman–Crippen LogP) is -0.921. The van der Waals surface area contributed by atoms with Gasteiger partial charge in [0.1, 0.15) is 6.54 Å². The number of likely N-dealkylation sites (tertiary alicyclic amines) is 1. The molecule has 1 fully saturated rings. The molecule has 1 rings (SSSR count). The van der Waals surface area contributed by atoms with Crippen molar-refractivity contribution in [3.8, 4) is 0 Å². The molecule has 3 amide bonds.